The molecular weight excluding hydrogens is 955 g/mol. The van der Waals surface area contributed by atoms with Crippen LogP contribution in [0.5, 0.6) is 0 Å². The summed E-state index contributed by atoms with van der Waals surface area (Å²) in [6.45, 7) is 9.30. The van der Waals surface area contributed by atoms with E-state index >= 15 is 0 Å². The summed E-state index contributed by atoms with van der Waals surface area (Å²) in [5, 5.41) is 3.82. The fourth-order valence-corrected chi connectivity index (χ4v) is 10.1. The zero-order valence-corrected chi connectivity index (χ0v) is 39.0. The third kappa shape index (κ3) is 8.47. The molecule has 0 aliphatic rings. The molecule has 0 saturated heterocycles. The fraction of sp³-hybridized carbons (Fsp3) is 0.127. The molecule has 303 valence electrons. The van der Waals surface area contributed by atoms with E-state index in [-0.39, 0.29) is 20.1 Å². The third-order valence-corrected chi connectivity index (χ3v) is 14.3. The van der Waals surface area contributed by atoms with Crippen LogP contribution in [0.15, 0.2) is 170 Å². The number of aryl methyl sites for hydroxylation is 1. The molecule has 0 aliphatic carbocycles. The number of hydrogen-bond acceptors (Lipinski definition) is 3. The molecule has 10 rings (SSSR count). The quantitative estimate of drug-likeness (QED) is 0.118. The van der Waals surface area contributed by atoms with Crippen molar-refractivity contribution >= 4 is 55.8 Å². The number of aromatic nitrogens is 3. The molecule has 3 aromatic heterocycles. The summed E-state index contributed by atoms with van der Waals surface area (Å²) >= 11 is 1.83. The van der Waals surface area contributed by atoms with Gasteiger partial charge in [-0.25, -0.2) is 0 Å². The van der Waals surface area contributed by atoms with Gasteiger partial charge in [0, 0.05) is 46.4 Å². The number of rotatable bonds is 7. The molecule has 3 heterocycles. The van der Waals surface area contributed by atoms with Crippen LogP contribution in [0.1, 0.15) is 35.0 Å². The number of thiophene rings is 1. The fourth-order valence-electron chi connectivity index (χ4n) is 7.85. The largest absolute Gasteiger partial charge is 0.332 e. The second-order valence-corrected chi connectivity index (χ2v) is 22.6. The molecule has 0 aliphatic heterocycles. The summed E-state index contributed by atoms with van der Waals surface area (Å²) in [5.74, 6) is 1.25. The Bertz CT molecular complexity index is 3150. The Kier molecular flexibility index (Phi) is 11.1. The number of hydrogen-bond donors (Lipinski definition) is 0. The zero-order chi connectivity index (χ0) is 43.9. The molecule has 1 radical (unpaired) electrons. The SMILES string of the molecule is CC(C)c1cccc(-c2ccccc2)c1-n1c(-c2[c-]ccc3c2sc2cc(-c4ccccc4)ccc23)nc2ccccc21.[2H]C([2H])([2H])c1c[c-]c(-c2ccc([Si](C)(C)C)cn2)cc1.[Ir]. The average Bonchev–Trinajstić information content (AvgIpc) is 3.87. The summed E-state index contributed by atoms with van der Waals surface area (Å²) < 4.78 is 26.9. The normalized spacial score (nSPS) is 12.4. The van der Waals surface area contributed by atoms with Crippen molar-refractivity contribution < 1.29 is 24.2 Å². The maximum atomic E-state index is 7.35. The van der Waals surface area contributed by atoms with Gasteiger partial charge < -0.3 is 9.55 Å². The molecule has 0 saturated carbocycles. The number of fused-ring (bicyclic) bond motifs is 4. The van der Waals surface area contributed by atoms with Crippen LogP contribution in [-0.2, 0) is 20.1 Å². The molecule has 6 heteroatoms. The standard InChI is InChI=1S/C40H29N2S.C15H18NSi.Ir/c1-26(2)30-17-11-18-31(28-15-7-4-8-16-28)38(30)42-36-22-10-9-21-35(36)41-40(42)34-20-12-19-33-32-24-23-29(25-37(32)43-39(33)34)27-13-5-3-6-14-27;1-12-5-7-13(8-6-12)15-10-9-14(11-16-15)17(2,3)4;/h3-19,21-26H,1-2H3;5-7,9-11H,1-4H3;/q2*-1;/i;1D3;. The first-order chi connectivity index (χ1) is 30.3. The minimum absolute atomic E-state index is 0. The topological polar surface area (TPSA) is 30.7 Å². The average molecular weight is 1010 g/mol. The summed E-state index contributed by atoms with van der Waals surface area (Å²) in [6, 6.07) is 63.2. The maximum Gasteiger partial charge on any atom is 0.0795 e. The second-order valence-electron chi connectivity index (χ2n) is 16.5. The summed E-state index contributed by atoms with van der Waals surface area (Å²) in [5.41, 5.74) is 12.4. The minimum atomic E-state index is -2.08. The Hall–Kier alpha value is -5.75. The van der Waals surface area contributed by atoms with E-state index < -0.39 is 14.9 Å². The number of para-hydroxylation sites is 3. The Morgan fingerprint density at radius 1 is 0.705 bits per heavy atom. The number of benzene rings is 7. The molecule has 0 fully saturated rings. The van der Waals surface area contributed by atoms with E-state index in [2.05, 4.69) is 195 Å². The number of pyridine rings is 1. The number of imidazole rings is 1. The Labute approximate surface area is 382 Å². The van der Waals surface area contributed by atoms with Crippen molar-refractivity contribution in [2.75, 3.05) is 0 Å². The van der Waals surface area contributed by atoms with Crippen molar-refractivity contribution in [3.05, 3.63) is 193 Å². The predicted octanol–water partition coefficient (Wildman–Crippen LogP) is 14.7. The Morgan fingerprint density at radius 2 is 1.46 bits per heavy atom. The van der Waals surface area contributed by atoms with Crippen LogP contribution in [0.3, 0.4) is 0 Å². The van der Waals surface area contributed by atoms with Crippen LogP contribution < -0.4 is 5.19 Å². The van der Waals surface area contributed by atoms with Crippen LogP contribution in [0.4, 0.5) is 0 Å². The van der Waals surface area contributed by atoms with Gasteiger partial charge in [-0.3, -0.25) is 4.98 Å². The molecule has 0 bridgehead atoms. The van der Waals surface area contributed by atoms with E-state index in [4.69, 9.17) is 9.10 Å². The van der Waals surface area contributed by atoms with Crippen LogP contribution >= 0.6 is 11.3 Å². The van der Waals surface area contributed by atoms with E-state index in [1.54, 1.807) is 12.1 Å². The zero-order valence-electron chi connectivity index (χ0n) is 37.8. The van der Waals surface area contributed by atoms with E-state index in [9.17, 15) is 0 Å². The van der Waals surface area contributed by atoms with E-state index in [1.807, 2.05) is 23.6 Å². The van der Waals surface area contributed by atoms with Gasteiger partial charge in [-0.05, 0) is 67.3 Å². The van der Waals surface area contributed by atoms with Crippen LogP contribution in [-0.4, -0.2) is 22.6 Å². The Morgan fingerprint density at radius 3 is 2.15 bits per heavy atom. The van der Waals surface area contributed by atoms with Crippen molar-refractivity contribution in [2.24, 2.45) is 0 Å². The van der Waals surface area contributed by atoms with E-state index in [0.29, 0.717) is 11.5 Å². The first-order valence-electron chi connectivity index (χ1n) is 21.9. The second kappa shape index (κ2) is 17.7. The summed E-state index contributed by atoms with van der Waals surface area (Å²) in [4.78, 5) is 9.79. The molecule has 7 aromatic carbocycles. The molecule has 0 N–H and O–H groups in total. The van der Waals surface area contributed by atoms with Crippen molar-refractivity contribution in [1.29, 1.82) is 0 Å². The van der Waals surface area contributed by atoms with Crippen molar-refractivity contribution in [3.63, 3.8) is 0 Å². The van der Waals surface area contributed by atoms with Gasteiger partial charge in [-0.1, -0.05) is 167 Å². The molecule has 0 amide bonds. The molecule has 3 nitrogen and oxygen atoms in total. The summed E-state index contributed by atoms with van der Waals surface area (Å²) in [6.07, 6.45) is 1.92. The van der Waals surface area contributed by atoms with Crippen LogP contribution in [0, 0.1) is 19.0 Å². The van der Waals surface area contributed by atoms with Crippen molar-refractivity contribution in [1.82, 2.24) is 14.5 Å². The molecule has 0 spiro atoms. The van der Waals surface area contributed by atoms with Gasteiger partial charge >= 0.3 is 0 Å². The van der Waals surface area contributed by atoms with Crippen LogP contribution in [0.2, 0.25) is 19.6 Å². The first kappa shape index (κ1) is 38.2. The monoisotopic (exact) mass is 1010 g/mol. The van der Waals surface area contributed by atoms with Gasteiger partial charge in [-0.15, -0.1) is 53.6 Å². The van der Waals surface area contributed by atoms with E-state index in [1.165, 1.54) is 64.9 Å². The smallest absolute Gasteiger partial charge is 0.0795 e. The summed E-state index contributed by atoms with van der Waals surface area (Å²) in [7, 11) is -1.34. The van der Waals surface area contributed by atoms with Crippen molar-refractivity contribution in [2.45, 2.75) is 46.3 Å². The van der Waals surface area contributed by atoms with Gasteiger partial charge in [0.1, 0.15) is 0 Å². The van der Waals surface area contributed by atoms with Gasteiger partial charge in [0.2, 0.25) is 0 Å². The predicted molar refractivity (Wildman–Crippen MR) is 259 cm³/mol. The van der Waals surface area contributed by atoms with Crippen LogP contribution in [0.25, 0.3) is 81.8 Å². The third-order valence-electron chi connectivity index (χ3n) is 11.0. The molecular formula is C55H47IrN3SSi-2. The molecule has 0 unspecified atom stereocenters. The van der Waals surface area contributed by atoms with E-state index in [0.717, 1.165) is 33.7 Å². The maximum absolute atomic E-state index is 7.35. The molecule has 0 atom stereocenters. The van der Waals surface area contributed by atoms with Crippen molar-refractivity contribution in [3.8, 4) is 50.6 Å². The van der Waals surface area contributed by atoms with Gasteiger partial charge in [0.05, 0.1) is 24.9 Å². The van der Waals surface area contributed by atoms with Gasteiger partial charge in [0.15, 0.2) is 0 Å². The minimum Gasteiger partial charge on any atom is -0.332 e. The molecule has 10 aromatic rings. The van der Waals surface area contributed by atoms with Gasteiger partial charge in [0.25, 0.3) is 0 Å². The first-order valence-corrected chi connectivity index (χ1v) is 24.7. The number of nitrogens with zero attached hydrogens (tertiary/aromatic N) is 3. The Balaban J connectivity index is 0.000000225. The molecule has 61 heavy (non-hydrogen) atoms. The van der Waals surface area contributed by atoms with Gasteiger partial charge in [-0.2, -0.15) is 11.3 Å².